The van der Waals surface area contributed by atoms with Crippen LogP contribution in [0.4, 0.5) is 47.3 Å². The van der Waals surface area contributed by atoms with Crippen molar-refractivity contribution in [1.29, 1.82) is 0 Å². The minimum absolute atomic E-state index is 0.0421. The lowest BCUT2D eigenvalue weighted by Gasteiger charge is -2.41. The van der Waals surface area contributed by atoms with Crippen molar-refractivity contribution < 1.29 is 74.1 Å². The first-order chi connectivity index (χ1) is 35.6. The third-order valence-electron chi connectivity index (χ3n) is 12.9. The standard InChI is InChI=1S/C32H40F3N3O5.C22H20ClF3N2O5/c1-20(2)38(23-13-11-21(3)12-14-23)28(39)24-17-26-27(18-25(24)32(33,34)35)43-31(4,5)29(40)37(26)16-15-36-30(41)42-19-22-9-7-6-8-10-22;1-21(2)19(30)28(9-8-27-20(31)32-12-13-6-4-3-5-7-13)16-10-14(18(23)29)15(22(24,25)26)11-17(16)33-21/h6-10,17-18,20-21,23H,11-16,19H2,1-5H3,(H,36,41);3-7,10-11H,8-9,12H2,1-2H3,(H,27,31). The lowest BCUT2D eigenvalue weighted by molar-refractivity contribution is -0.139. The number of anilines is 2. The summed E-state index contributed by atoms with van der Waals surface area (Å²) in [6, 6.07) is 21.0. The van der Waals surface area contributed by atoms with Gasteiger partial charge < -0.3 is 44.3 Å². The smallest absolute Gasteiger partial charge is 0.417 e. The number of ether oxygens (including phenoxy) is 4. The van der Waals surface area contributed by atoms with Crippen LogP contribution < -0.4 is 29.9 Å². The molecule has 76 heavy (non-hydrogen) atoms. The van der Waals surface area contributed by atoms with E-state index in [1.807, 2.05) is 36.4 Å². The molecule has 15 nitrogen and oxygen atoms in total. The number of amides is 5. The van der Waals surface area contributed by atoms with E-state index in [4.69, 9.17) is 30.5 Å². The normalized spacial score (nSPS) is 17.7. The average molecular weight is 1090 g/mol. The van der Waals surface area contributed by atoms with Crippen molar-refractivity contribution in [2.75, 3.05) is 36.0 Å². The highest BCUT2D eigenvalue weighted by atomic mass is 35.5. The molecule has 3 aliphatic rings. The minimum Gasteiger partial charge on any atom is -0.476 e. The zero-order valence-corrected chi connectivity index (χ0v) is 43.7. The molecule has 0 atom stereocenters. The molecule has 7 rings (SSSR count). The minimum atomic E-state index is -4.86. The van der Waals surface area contributed by atoms with Crippen molar-refractivity contribution >= 4 is 58.1 Å². The number of rotatable bonds is 14. The Hall–Kier alpha value is -7.03. The molecule has 4 aromatic rings. The molecule has 2 aliphatic heterocycles. The Labute approximate surface area is 441 Å². The zero-order valence-electron chi connectivity index (χ0n) is 43.0. The van der Waals surface area contributed by atoms with E-state index in [1.54, 1.807) is 43.0 Å². The van der Waals surface area contributed by atoms with Crippen LogP contribution in [0.2, 0.25) is 0 Å². The van der Waals surface area contributed by atoms with Crippen molar-refractivity contribution in [3.63, 3.8) is 0 Å². The summed E-state index contributed by atoms with van der Waals surface area (Å²) in [6.45, 7) is 11.3. The highest BCUT2D eigenvalue weighted by Gasteiger charge is 2.47. The molecule has 0 bridgehead atoms. The van der Waals surface area contributed by atoms with Crippen LogP contribution in [0.3, 0.4) is 0 Å². The molecule has 1 saturated carbocycles. The molecule has 22 heteroatoms. The average Bonchev–Trinajstić information content (AvgIpc) is 3.35. The van der Waals surface area contributed by atoms with Gasteiger partial charge >= 0.3 is 24.5 Å². The van der Waals surface area contributed by atoms with E-state index in [2.05, 4.69) is 17.6 Å². The Morgan fingerprint density at radius 3 is 1.45 bits per heavy atom. The molecule has 2 N–H and O–H groups in total. The van der Waals surface area contributed by atoms with E-state index >= 15 is 0 Å². The van der Waals surface area contributed by atoms with Gasteiger partial charge in [0.05, 0.1) is 28.1 Å². The van der Waals surface area contributed by atoms with E-state index < -0.39 is 81.0 Å². The number of alkyl carbamates (subject to hydrolysis) is 2. The van der Waals surface area contributed by atoms with Crippen molar-refractivity contribution in [2.24, 2.45) is 5.92 Å². The number of hydrogen-bond donors (Lipinski definition) is 2. The molecule has 0 saturated heterocycles. The van der Waals surface area contributed by atoms with Gasteiger partial charge in [0.2, 0.25) is 0 Å². The first-order valence-corrected chi connectivity index (χ1v) is 24.9. The number of halogens is 7. The summed E-state index contributed by atoms with van der Waals surface area (Å²) >= 11 is 5.37. The molecule has 1 aliphatic carbocycles. The van der Waals surface area contributed by atoms with Crippen molar-refractivity contribution in [2.45, 2.75) is 123 Å². The van der Waals surface area contributed by atoms with Crippen molar-refractivity contribution in [3.8, 4) is 11.5 Å². The monoisotopic (exact) mass is 1090 g/mol. The molecule has 1 fully saturated rings. The maximum absolute atomic E-state index is 14.4. The summed E-state index contributed by atoms with van der Waals surface area (Å²) in [5.74, 6) is -1.71. The maximum Gasteiger partial charge on any atom is 0.417 e. The van der Waals surface area contributed by atoms with E-state index in [1.165, 1.54) is 32.6 Å². The Morgan fingerprint density at radius 1 is 0.671 bits per heavy atom. The summed E-state index contributed by atoms with van der Waals surface area (Å²) in [4.78, 5) is 80.1. The first-order valence-electron chi connectivity index (χ1n) is 24.5. The second kappa shape index (κ2) is 23.9. The van der Waals surface area contributed by atoms with Crippen LogP contribution in [0.25, 0.3) is 0 Å². The van der Waals surface area contributed by atoms with Gasteiger partial charge in [-0.3, -0.25) is 19.2 Å². The lowest BCUT2D eigenvalue weighted by Crippen LogP contribution is -2.54. The number of carbonyl (C=O) groups excluding carboxylic acids is 6. The van der Waals surface area contributed by atoms with Gasteiger partial charge in [-0.1, -0.05) is 67.6 Å². The molecular formula is C54H60ClF6N5O10. The van der Waals surface area contributed by atoms with Gasteiger partial charge in [0.15, 0.2) is 11.2 Å². The molecule has 2 heterocycles. The van der Waals surface area contributed by atoms with Gasteiger partial charge in [0.1, 0.15) is 24.7 Å². The number of nitrogens with zero attached hydrogens (tertiary/aromatic N) is 3. The zero-order chi connectivity index (χ0) is 55.9. The van der Waals surface area contributed by atoms with Crippen LogP contribution in [0, 0.1) is 5.92 Å². The van der Waals surface area contributed by atoms with Gasteiger partial charge in [-0.2, -0.15) is 26.3 Å². The number of carbonyl (C=O) groups is 6. The van der Waals surface area contributed by atoms with Gasteiger partial charge in [0, 0.05) is 43.8 Å². The van der Waals surface area contributed by atoms with E-state index in [0.29, 0.717) is 24.8 Å². The largest absolute Gasteiger partial charge is 0.476 e. The predicted octanol–water partition coefficient (Wildman–Crippen LogP) is 11.1. The van der Waals surface area contributed by atoms with E-state index in [0.717, 1.165) is 47.1 Å². The number of fused-ring (bicyclic) bond motifs is 2. The predicted molar refractivity (Wildman–Crippen MR) is 269 cm³/mol. The molecule has 0 radical (unpaired) electrons. The summed E-state index contributed by atoms with van der Waals surface area (Å²) in [7, 11) is 0. The summed E-state index contributed by atoms with van der Waals surface area (Å²) in [5.41, 5.74) is -5.11. The van der Waals surface area contributed by atoms with Gasteiger partial charge in [0.25, 0.3) is 23.0 Å². The molecule has 5 amide bonds. The Bertz CT molecular complexity index is 2770. The van der Waals surface area contributed by atoms with E-state index in [9.17, 15) is 55.1 Å². The van der Waals surface area contributed by atoms with Crippen LogP contribution in [-0.2, 0) is 44.6 Å². The van der Waals surface area contributed by atoms with Crippen LogP contribution in [0.15, 0.2) is 84.9 Å². The fourth-order valence-electron chi connectivity index (χ4n) is 9.05. The molecule has 0 spiro atoms. The summed E-state index contributed by atoms with van der Waals surface area (Å²) in [6.07, 6.45) is -7.93. The fourth-order valence-corrected chi connectivity index (χ4v) is 9.21. The third kappa shape index (κ3) is 14.3. The van der Waals surface area contributed by atoms with Crippen molar-refractivity contribution in [3.05, 3.63) is 118 Å². The lowest BCUT2D eigenvalue weighted by atomic mass is 9.85. The Kier molecular flexibility index (Phi) is 18.3. The topological polar surface area (TPSA) is 173 Å². The van der Waals surface area contributed by atoms with Gasteiger partial charge in [-0.25, -0.2) is 9.59 Å². The number of benzene rings is 4. The fraction of sp³-hybridized carbons (Fsp3) is 0.444. The van der Waals surface area contributed by atoms with Crippen molar-refractivity contribution in [1.82, 2.24) is 15.5 Å². The SMILES string of the molecule is CC1(C)Oc2cc(C(F)(F)F)c(C(=O)Cl)cc2N(CCNC(=O)OCc2ccccc2)C1=O.CC1CCC(N(C(=O)c2cc3c(cc2C(F)(F)F)OC(C)(C)C(=O)N3CCNC(=O)OCc2ccccc2)C(C)C)CC1. The molecule has 0 aromatic heterocycles. The number of hydrogen-bond acceptors (Lipinski definition) is 10. The van der Waals surface area contributed by atoms with E-state index in [-0.39, 0.29) is 74.4 Å². The van der Waals surface area contributed by atoms with Crippen LogP contribution >= 0.6 is 11.6 Å². The van der Waals surface area contributed by atoms with Gasteiger partial charge in [-0.05, 0) is 120 Å². The second-order valence-electron chi connectivity index (χ2n) is 19.8. The maximum atomic E-state index is 14.4. The number of nitrogens with one attached hydrogen (secondary N) is 2. The number of alkyl halides is 6. The molecule has 410 valence electrons. The van der Waals surface area contributed by atoms with Crippen LogP contribution in [0.1, 0.15) is 117 Å². The highest BCUT2D eigenvalue weighted by molar-refractivity contribution is 6.68. The summed E-state index contributed by atoms with van der Waals surface area (Å²) in [5, 5.41) is 3.73. The molecule has 0 unspecified atom stereocenters. The van der Waals surface area contributed by atoms with Gasteiger partial charge in [-0.15, -0.1) is 0 Å². The Morgan fingerprint density at radius 2 is 1.07 bits per heavy atom. The molecule has 4 aromatic carbocycles. The van der Waals surface area contributed by atoms with Crippen LogP contribution in [0.5, 0.6) is 11.5 Å². The molecular weight excluding hydrogens is 1030 g/mol. The van der Waals surface area contributed by atoms with Crippen LogP contribution in [-0.4, -0.2) is 89.5 Å². The highest BCUT2D eigenvalue weighted by Crippen LogP contribution is 2.46. The summed E-state index contributed by atoms with van der Waals surface area (Å²) < 4.78 is 105. The second-order valence-corrected chi connectivity index (χ2v) is 20.2. The Balaban J connectivity index is 0.000000255. The first kappa shape index (κ1) is 58.2. The third-order valence-corrected chi connectivity index (χ3v) is 13.1. The quantitative estimate of drug-likeness (QED) is 0.0914.